The maximum atomic E-state index is 13.4. The van der Waals surface area contributed by atoms with Crippen LogP contribution in [0.5, 0.6) is 0 Å². The van der Waals surface area contributed by atoms with E-state index in [9.17, 15) is 19.2 Å². The lowest BCUT2D eigenvalue weighted by atomic mass is 9.49. The van der Waals surface area contributed by atoms with Gasteiger partial charge in [-0.2, -0.15) is 0 Å². The van der Waals surface area contributed by atoms with Gasteiger partial charge in [0.05, 0.1) is 11.1 Å². The minimum atomic E-state index is -1.08. The molecule has 0 spiro atoms. The fourth-order valence-corrected chi connectivity index (χ4v) is 7.74. The lowest BCUT2D eigenvalue weighted by molar-refractivity contribution is -0.135. The Labute approximate surface area is 210 Å². The van der Waals surface area contributed by atoms with Crippen LogP contribution in [0.4, 0.5) is 0 Å². The van der Waals surface area contributed by atoms with Gasteiger partial charge in [0, 0.05) is 12.8 Å². The Kier molecular flexibility index (Phi) is 5.66. The maximum absolute atomic E-state index is 13.4. The zero-order valence-corrected chi connectivity index (χ0v) is 20.2. The fourth-order valence-electron chi connectivity index (χ4n) is 7.74. The van der Waals surface area contributed by atoms with Gasteiger partial charge in [0.2, 0.25) is 5.91 Å². The number of hydrogen-bond acceptors (Lipinski definition) is 4. The van der Waals surface area contributed by atoms with Gasteiger partial charge in [-0.15, -0.1) is 0 Å². The van der Waals surface area contributed by atoms with E-state index in [0.29, 0.717) is 17.5 Å². The van der Waals surface area contributed by atoms with Crippen molar-refractivity contribution in [2.75, 3.05) is 0 Å². The second-order valence-corrected chi connectivity index (χ2v) is 11.4. The van der Waals surface area contributed by atoms with E-state index in [1.807, 2.05) is 30.3 Å². The van der Waals surface area contributed by atoms with Gasteiger partial charge in [-0.05, 0) is 79.4 Å². The molecule has 5 aliphatic rings. The van der Waals surface area contributed by atoms with Crippen molar-refractivity contribution in [3.8, 4) is 0 Å². The van der Waals surface area contributed by atoms with Crippen molar-refractivity contribution in [3.05, 3.63) is 71.3 Å². The Morgan fingerprint density at radius 1 is 0.806 bits per heavy atom. The molecule has 7 rings (SSSR count). The Hall–Kier alpha value is -3.48. The third kappa shape index (κ3) is 4.10. The summed E-state index contributed by atoms with van der Waals surface area (Å²) in [7, 11) is 0. The molecule has 0 aromatic heterocycles. The molecule has 0 saturated heterocycles. The van der Waals surface area contributed by atoms with Gasteiger partial charge in [-0.3, -0.25) is 34.9 Å². The Morgan fingerprint density at radius 3 is 1.89 bits per heavy atom. The van der Waals surface area contributed by atoms with Gasteiger partial charge in [-0.1, -0.05) is 42.5 Å². The lowest BCUT2D eigenvalue weighted by Gasteiger charge is -2.56. The van der Waals surface area contributed by atoms with Crippen LogP contribution in [0.3, 0.4) is 0 Å². The highest BCUT2D eigenvalue weighted by Gasteiger charge is 2.51. The van der Waals surface area contributed by atoms with Gasteiger partial charge in [0.15, 0.2) is 0 Å². The van der Waals surface area contributed by atoms with Gasteiger partial charge in [0.25, 0.3) is 17.7 Å². The highest BCUT2D eigenvalue weighted by Crippen LogP contribution is 2.61. The molecule has 4 aliphatic carbocycles. The molecule has 36 heavy (non-hydrogen) atoms. The number of nitrogens with zero attached hydrogens (tertiary/aromatic N) is 1. The van der Waals surface area contributed by atoms with Crippen LogP contribution in [-0.4, -0.2) is 34.6 Å². The quantitative estimate of drug-likeness (QED) is 0.482. The van der Waals surface area contributed by atoms with Gasteiger partial charge in [-0.25, -0.2) is 0 Å². The summed E-state index contributed by atoms with van der Waals surface area (Å²) in [6, 6.07) is 14.8. The van der Waals surface area contributed by atoms with Crippen molar-refractivity contribution in [2.24, 2.45) is 23.2 Å². The average molecular weight is 486 g/mol. The van der Waals surface area contributed by atoms with E-state index in [1.54, 1.807) is 24.3 Å². The number of benzene rings is 2. The Bertz CT molecular complexity index is 1150. The molecular weight excluding hydrogens is 454 g/mol. The molecule has 4 fully saturated rings. The number of hydrogen-bond donors (Lipinski definition) is 2. The van der Waals surface area contributed by atoms with E-state index in [1.165, 1.54) is 19.3 Å². The summed E-state index contributed by atoms with van der Waals surface area (Å²) in [5.41, 5.74) is 6.60. The van der Waals surface area contributed by atoms with E-state index in [4.69, 9.17) is 0 Å². The molecule has 1 heterocycles. The van der Waals surface area contributed by atoms with Gasteiger partial charge < -0.3 is 0 Å². The summed E-state index contributed by atoms with van der Waals surface area (Å²) >= 11 is 0. The lowest BCUT2D eigenvalue weighted by Crippen LogP contribution is -2.55. The number of imide groups is 1. The minimum absolute atomic E-state index is 0.0511. The molecule has 4 amide bonds. The molecule has 1 atom stereocenters. The molecule has 4 bridgehead atoms. The molecule has 7 heteroatoms. The smallest absolute Gasteiger partial charge is 0.262 e. The molecule has 7 nitrogen and oxygen atoms in total. The molecule has 2 aromatic carbocycles. The molecule has 186 valence electrons. The molecule has 2 aromatic rings. The van der Waals surface area contributed by atoms with Crippen molar-refractivity contribution in [3.63, 3.8) is 0 Å². The molecule has 1 aliphatic heterocycles. The summed E-state index contributed by atoms with van der Waals surface area (Å²) < 4.78 is 0. The van der Waals surface area contributed by atoms with Crippen LogP contribution in [0.25, 0.3) is 0 Å². The number of hydrazine groups is 1. The number of amides is 4. The maximum Gasteiger partial charge on any atom is 0.262 e. The third-order valence-electron chi connectivity index (χ3n) is 8.74. The average Bonchev–Trinajstić information content (AvgIpc) is 3.10. The van der Waals surface area contributed by atoms with E-state index >= 15 is 0 Å². The molecule has 4 saturated carbocycles. The first-order valence-corrected chi connectivity index (χ1v) is 13.0. The van der Waals surface area contributed by atoms with E-state index in [0.717, 1.165) is 47.5 Å². The largest absolute Gasteiger partial charge is 0.273 e. The second-order valence-electron chi connectivity index (χ2n) is 11.4. The minimum Gasteiger partial charge on any atom is -0.273 e. The van der Waals surface area contributed by atoms with Crippen LogP contribution in [0.1, 0.15) is 71.2 Å². The topological polar surface area (TPSA) is 95.6 Å². The standard InChI is InChI=1S/C29H31N3O4/c33-25(17-29-14-19-10-20(15-29)12-21(11-19)16-29)30-31-26(34)24(13-18-6-2-1-3-7-18)32-27(35)22-8-4-5-9-23(22)28(32)36/h1-9,19-21,24H,10-17H2,(H,30,33)(H,31,34). The molecular formula is C29H31N3O4. The zero-order valence-electron chi connectivity index (χ0n) is 20.2. The van der Waals surface area contributed by atoms with Crippen molar-refractivity contribution >= 4 is 23.6 Å². The predicted molar refractivity (Wildman–Crippen MR) is 132 cm³/mol. The first-order valence-electron chi connectivity index (χ1n) is 13.0. The molecule has 2 N–H and O–H groups in total. The van der Waals surface area contributed by atoms with Crippen LogP contribution in [0.15, 0.2) is 54.6 Å². The number of carbonyl (C=O) groups excluding carboxylic acids is 4. The molecule has 0 radical (unpaired) electrons. The summed E-state index contributed by atoms with van der Waals surface area (Å²) in [5, 5.41) is 0. The highest BCUT2D eigenvalue weighted by atomic mass is 16.2. The van der Waals surface area contributed by atoms with Crippen molar-refractivity contribution in [1.82, 2.24) is 15.8 Å². The number of nitrogens with one attached hydrogen (secondary N) is 2. The number of fused-ring (bicyclic) bond motifs is 1. The first kappa shape index (κ1) is 23.0. The Morgan fingerprint density at radius 2 is 1.33 bits per heavy atom. The van der Waals surface area contributed by atoms with Crippen molar-refractivity contribution in [2.45, 2.75) is 57.4 Å². The predicted octanol–water partition coefficient (Wildman–Crippen LogP) is 3.65. The SMILES string of the molecule is O=C(CC12CC3CC(CC(C3)C1)C2)NNC(=O)C(Cc1ccccc1)N1C(=O)c2ccccc2C1=O. The summed E-state index contributed by atoms with van der Waals surface area (Å²) in [6.45, 7) is 0. The van der Waals surface area contributed by atoms with Crippen LogP contribution < -0.4 is 10.9 Å². The van der Waals surface area contributed by atoms with Crippen molar-refractivity contribution < 1.29 is 19.2 Å². The molecule has 1 unspecified atom stereocenters. The van der Waals surface area contributed by atoms with Gasteiger partial charge >= 0.3 is 0 Å². The highest BCUT2D eigenvalue weighted by molar-refractivity contribution is 6.22. The van der Waals surface area contributed by atoms with E-state index in [-0.39, 0.29) is 17.7 Å². The fraction of sp³-hybridized carbons (Fsp3) is 0.448. The van der Waals surface area contributed by atoms with Crippen molar-refractivity contribution in [1.29, 1.82) is 0 Å². The Balaban J connectivity index is 1.16. The first-order chi connectivity index (χ1) is 17.4. The third-order valence-corrected chi connectivity index (χ3v) is 8.74. The van der Waals surface area contributed by atoms with E-state index in [2.05, 4.69) is 10.9 Å². The van der Waals surface area contributed by atoms with Gasteiger partial charge in [0.1, 0.15) is 6.04 Å². The zero-order chi connectivity index (χ0) is 24.9. The summed E-state index contributed by atoms with van der Waals surface area (Å²) in [4.78, 5) is 53.6. The van der Waals surface area contributed by atoms with Crippen LogP contribution >= 0.6 is 0 Å². The summed E-state index contributed by atoms with van der Waals surface area (Å²) in [5.74, 6) is 0.449. The van der Waals surface area contributed by atoms with Crippen LogP contribution in [-0.2, 0) is 16.0 Å². The summed E-state index contributed by atoms with van der Waals surface area (Å²) in [6.07, 6.45) is 7.79. The monoisotopic (exact) mass is 485 g/mol. The van der Waals surface area contributed by atoms with E-state index < -0.39 is 23.8 Å². The number of carbonyl (C=O) groups is 4. The van der Waals surface area contributed by atoms with Crippen LogP contribution in [0.2, 0.25) is 0 Å². The van der Waals surface area contributed by atoms with Crippen LogP contribution in [0, 0.1) is 23.2 Å². The second kappa shape index (κ2) is 8.87. The normalized spacial score (nSPS) is 28.7. The number of rotatable bonds is 6.